The number of likely N-dealkylation sites (tertiary alicyclic amines) is 1. The van der Waals surface area contributed by atoms with E-state index in [4.69, 9.17) is 4.42 Å². The molecule has 0 aromatic carbocycles. The quantitative estimate of drug-likeness (QED) is 0.868. The molecule has 1 aromatic rings. The first kappa shape index (κ1) is 14.1. The van der Waals surface area contributed by atoms with E-state index in [1.54, 1.807) is 12.1 Å². The molecule has 3 rings (SSSR count). The number of hydrogen-bond acceptors (Lipinski definition) is 4. The lowest BCUT2D eigenvalue weighted by atomic mass is 10.0. The van der Waals surface area contributed by atoms with Crippen LogP contribution in [0.1, 0.15) is 29.2 Å². The van der Waals surface area contributed by atoms with Crippen molar-refractivity contribution in [1.29, 1.82) is 0 Å². The van der Waals surface area contributed by atoms with Crippen LogP contribution >= 0.6 is 0 Å². The molecule has 2 fully saturated rings. The molecule has 6 heteroatoms. The zero-order valence-electron chi connectivity index (χ0n) is 12.3. The van der Waals surface area contributed by atoms with E-state index in [0.29, 0.717) is 18.8 Å². The van der Waals surface area contributed by atoms with E-state index >= 15 is 0 Å². The van der Waals surface area contributed by atoms with Crippen LogP contribution in [0, 0.1) is 6.92 Å². The number of carbonyl (C=O) groups excluding carboxylic acids is 2. The van der Waals surface area contributed by atoms with Gasteiger partial charge in [0.15, 0.2) is 5.76 Å². The molecular formula is C15H21N3O3. The van der Waals surface area contributed by atoms with E-state index < -0.39 is 0 Å². The highest BCUT2D eigenvalue weighted by atomic mass is 16.3. The topological polar surface area (TPSA) is 65.8 Å². The molecule has 2 saturated heterocycles. The molecule has 1 aromatic heterocycles. The summed E-state index contributed by atoms with van der Waals surface area (Å²) in [4.78, 5) is 28.2. The van der Waals surface area contributed by atoms with Crippen LogP contribution < -0.4 is 5.32 Å². The van der Waals surface area contributed by atoms with Crippen molar-refractivity contribution in [3.05, 3.63) is 23.7 Å². The van der Waals surface area contributed by atoms with Crippen LogP contribution in [0.15, 0.2) is 16.5 Å². The van der Waals surface area contributed by atoms with E-state index in [9.17, 15) is 9.59 Å². The van der Waals surface area contributed by atoms with Gasteiger partial charge in [-0.2, -0.15) is 0 Å². The fourth-order valence-corrected chi connectivity index (χ4v) is 3.11. The highest BCUT2D eigenvalue weighted by molar-refractivity contribution is 5.91. The van der Waals surface area contributed by atoms with Crippen LogP contribution in [0.2, 0.25) is 0 Å². The van der Waals surface area contributed by atoms with E-state index in [-0.39, 0.29) is 17.9 Å². The first-order valence-corrected chi connectivity index (χ1v) is 7.51. The van der Waals surface area contributed by atoms with Gasteiger partial charge >= 0.3 is 0 Å². The first-order chi connectivity index (χ1) is 10.1. The molecule has 0 aliphatic carbocycles. The van der Waals surface area contributed by atoms with Crippen molar-refractivity contribution in [3.8, 4) is 0 Å². The van der Waals surface area contributed by atoms with E-state index in [2.05, 4.69) is 5.32 Å². The summed E-state index contributed by atoms with van der Waals surface area (Å²) < 4.78 is 5.42. The standard InChI is InChI=1S/C15H21N3O3/c1-11-4-5-13(21-11)15(20)17-7-2-3-12(10-17)18-8-6-16-9-14(18)19/h4-5,12,16H,2-3,6-10H2,1H3. The lowest BCUT2D eigenvalue weighted by Gasteiger charge is -2.40. The third-order valence-electron chi connectivity index (χ3n) is 4.20. The Balaban J connectivity index is 1.68. The second kappa shape index (κ2) is 5.89. The Morgan fingerprint density at radius 3 is 2.95 bits per heavy atom. The van der Waals surface area contributed by atoms with Gasteiger partial charge in [0.2, 0.25) is 5.91 Å². The van der Waals surface area contributed by atoms with E-state index in [1.165, 1.54) is 0 Å². The summed E-state index contributed by atoms with van der Waals surface area (Å²) in [5.74, 6) is 1.19. The predicted molar refractivity (Wildman–Crippen MR) is 77.0 cm³/mol. The number of furan rings is 1. The van der Waals surface area contributed by atoms with Crippen molar-refractivity contribution in [2.24, 2.45) is 0 Å². The van der Waals surface area contributed by atoms with Gasteiger partial charge in [-0.05, 0) is 31.9 Å². The Hall–Kier alpha value is -1.82. The second-order valence-corrected chi connectivity index (χ2v) is 5.72. The van der Waals surface area contributed by atoms with Crippen molar-refractivity contribution < 1.29 is 14.0 Å². The summed E-state index contributed by atoms with van der Waals surface area (Å²) in [6.07, 6.45) is 1.89. The van der Waals surface area contributed by atoms with Crippen molar-refractivity contribution in [3.63, 3.8) is 0 Å². The fourth-order valence-electron chi connectivity index (χ4n) is 3.11. The Morgan fingerprint density at radius 2 is 2.24 bits per heavy atom. The van der Waals surface area contributed by atoms with E-state index in [1.807, 2.05) is 16.7 Å². The molecule has 0 spiro atoms. The Morgan fingerprint density at radius 1 is 1.38 bits per heavy atom. The molecule has 3 heterocycles. The minimum atomic E-state index is -0.0737. The van der Waals surface area contributed by atoms with Gasteiger partial charge in [-0.25, -0.2) is 0 Å². The summed E-state index contributed by atoms with van der Waals surface area (Å²) in [5.41, 5.74) is 0. The molecule has 21 heavy (non-hydrogen) atoms. The molecule has 1 unspecified atom stereocenters. The van der Waals surface area contributed by atoms with Gasteiger partial charge in [-0.3, -0.25) is 9.59 Å². The summed E-state index contributed by atoms with van der Waals surface area (Å²) in [7, 11) is 0. The third-order valence-corrected chi connectivity index (χ3v) is 4.20. The minimum Gasteiger partial charge on any atom is -0.456 e. The van der Waals surface area contributed by atoms with Crippen LogP contribution in [0.3, 0.4) is 0 Å². The third kappa shape index (κ3) is 2.95. The van der Waals surface area contributed by atoms with Crippen LogP contribution in [0.5, 0.6) is 0 Å². The van der Waals surface area contributed by atoms with Crippen LogP contribution in [0.4, 0.5) is 0 Å². The first-order valence-electron chi connectivity index (χ1n) is 7.51. The van der Waals surface area contributed by atoms with Gasteiger partial charge in [0.05, 0.1) is 6.54 Å². The van der Waals surface area contributed by atoms with Crippen LogP contribution in [-0.2, 0) is 4.79 Å². The molecule has 1 atom stereocenters. The zero-order valence-corrected chi connectivity index (χ0v) is 12.3. The normalized spacial score (nSPS) is 23.5. The molecule has 0 bridgehead atoms. The monoisotopic (exact) mass is 291 g/mol. The highest BCUT2D eigenvalue weighted by Gasteiger charge is 2.32. The number of hydrogen-bond donors (Lipinski definition) is 1. The minimum absolute atomic E-state index is 0.0737. The van der Waals surface area contributed by atoms with Crippen LogP contribution in [0.25, 0.3) is 0 Å². The van der Waals surface area contributed by atoms with Gasteiger partial charge in [0.1, 0.15) is 5.76 Å². The maximum atomic E-state index is 12.4. The highest BCUT2D eigenvalue weighted by Crippen LogP contribution is 2.19. The molecular weight excluding hydrogens is 270 g/mol. The van der Waals surface area contributed by atoms with Crippen molar-refractivity contribution in [1.82, 2.24) is 15.1 Å². The van der Waals surface area contributed by atoms with Gasteiger partial charge in [-0.15, -0.1) is 0 Å². The number of piperazine rings is 1. The number of nitrogens with one attached hydrogen (secondary N) is 1. The maximum absolute atomic E-state index is 12.4. The number of aryl methyl sites for hydroxylation is 1. The SMILES string of the molecule is Cc1ccc(C(=O)N2CCCC(N3CCNCC3=O)C2)o1. The molecule has 2 aliphatic rings. The molecule has 1 N–H and O–H groups in total. The Bertz CT molecular complexity index is 540. The lowest BCUT2D eigenvalue weighted by molar-refractivity contribution is -0.135. The molecule has 0 radical (unpaired) electrons. The summed E-state index contributed by atoms with van der Waals surface area (Å²) in [6.45, 7) is 5.12. The zero-order chi connectivity index (χ0) is 14.8. The number of piperidine rings is 1. The average Bonchev–Trinajstić information content (AvgIpc) is 2.94. The average molecular weight is 291 g/mol. The molecule has 2 amide bonds. The number of amides is 2. The van der Waals surface area contributed by atoms with Gasteiger partial charge in [-0.1, -0.05) is 0 Å². The van der Waals surface area contributed by atoms with E-state index in [0.717, 1.165) is 38.2 Å². The van der Waals surface area contributed by atoms with Crippen LogP contribution in [-0.4, -0.2) is 60.4 Å². The van der Waals surface area contributed by atoms with Crippen molar-refractivity contribution in [2.45, 2.75) is 25.8 Å². The summed E-state index contributed by atoms with van der Waals surface area (Å²) in [5, 5.41) is 3.08. The van der Waals surface area contributed by atoms with Gasteiger partial charge < -0.3 is 19.5 Å². The molecule has 2 aliphatic heterocycles. The van der Waals surface area contributed by atoms with Crippen molar-refractivity contribution in [2.75, 3.05) is 32.7 Å². The fraction of sp³-hybridized carbons (Fsp3) is 0.600. The smallest absolute Gasteiger partial charge is 0.289 e. The Kier molecular flexibility index (Phi) is 3.96. The molecule has 0 saturated carbocycles. The number of carbonyl (C=O) groups is 2. The summed E-state index contributed by atoms with van der Waals surface area (Å²) in [6, 6.07) is 3.65. The lowest BCUT2D eigenvalue weighted by Crippen LogP contribution is -2.57. The van der Waals surface area contributed by atoms with Gasteiger partial charge in [0, 0.05) is 32.2 Å². The number of nitrogens with zero attached hydrogens (tertiary/aromatic N) is 2. The molecule has 6 nitrogen and oxygen atoms in total. The summed E-state index contributed by atoms with van der Waals surface area (Å²) >= 11 is 0. The number of rotatable bonds is 2. The molecule has 114 valence electrons. The Labute approximate surface area is 124 Å². The van der Waals surface area contributed by atoms with Gasteiger partial charge in [0.25, 0.3) is 5.91 Å². The van der Waals surface area contributed by atoms with Crippen molar-refractivity contribution >= 4 is 11.8 Å². The second-order valence-electron chi connectivity index (χ2n) is 5.72. The maximum Gasteiger partial charge on any atom is 0.289 e. The predicted octanol–water partition coefficient (Wildman–Crippen LogP) is 0.624. The largest absolute Gasteiger partial charge is 0.456 e.